The van der Waals surface area contributed by atoms with Gasteiger partial charge in [-0.3, -0.25) is 0 Å². The fraction of sp³-hybridized carbons (Fsp3) is 0.667. The molecule has 1 aromatic carbocycles. The number of rotatable bonds is 5. The Kier molecular flexibility index (Phi) is 5.92. The first-order valence-electron chi connectivity index (χ1n) is 8.12. The first kappa shape index (κ1) is 16.2. The second kappa shape index (κ2) is 7.69. The minimum Gasteiger partial charge on any atom is -0.493 e. The van der Waals surface area contributed by atoms with E-state index in [1.54, 1.807) is 14.2 Å². The van der Waals surface area contributed by atoms with Crippen LogP contribution >= 0.6 is 0 Å². The second-order valence-electron chi connectivity index (χ2n) is 6.31. The first-order valence-corrected chi connectivity index (χ1v) is 8.12. The monoisotopic (exact) mass is 291 g/mol. The number of nitrogens with one attached hydrogen (secondary N) is 1. The molecule has 3 heteroatoms. The van der Waals surface area contributed by atoms with Crippen molar-refractivity contribution in [1.29, 1.82) is 0 Å². The summed E-state index contributed by atoms with van der Waals surface area (Å²) in [4.78, 5) is 0. The lowest BCUT2D eigenvalue weighted by atomic mass is 10.0. The van der Waals surface area contributed by atoms with E-state index in [2.05, 4.69) is 31.3 Å². The number of hydrogen-bond acceptors (Lipinski definition) is 3. The predicted molar refractivity (Wildman–Crippen MR) is 87.1 cm³/mol. The summed E-state index contributed by atoms with van der Waals surface area (Å²) in [5, 5.41) is 3.79. The Morgan fingerprint density at radius 3 is 2.52 bits per heavy atom. The van der Waals surface area contributed by atoms with Crippen molar-refractivity contribution in [3.05, 3.63) is 23.8 Å². The van der Waals surface area contributed by atoms with Crippen molar-refractivity contribution in [3.8, 4) is 11.5 Å². The van der Waals surface area contributed by atoms with Crippen molar-refractivity contribution >= 4 is 0 Å². The van der Waals surface area contributed by atoms with Crippen LogP contribution in [0.15, 0.2) is 18.2 Å². The molecule has 3 atom stereocenters. The summed E-state index contributed by atoms with van der Waals surface area (Å²) in [5.74, 6) is 2.48. The van der Waals surface area contributed by atoms with Gasteiger partial charge in [0.1, 0.15) is 0 Å². The Balaban J connectivity index is 2.00. The Hall–Kier alpha value is -1.22. The lowest BCUT2D eigenvalue weighted by Crippen LogP contribution is -2.31. The van der Waals surface area contributed by atoms with Crippen molar-refractivity contribution < 1.29 is 9.47 Å². The maximum atomic E-state index is 5.40. The first-order chi connectivity index (χ1) is 10.1. The van der Waals surface area contributed by atoms with E-state index >= 15 is 0 Å². The minimum atomic E-state index is 0.336. The highest BCUT2D eigenvalue weighted by molar-refractivity contribution is 5.43. The molecule has 21 heavy (non-hydrogen) atoms. The molecule has 0 radical (unpaired) electrons. The van der Waals surface area contributed by atoms with Crippen LogP contribution in [0, 0.1) is 5.92 Å². The van der Waals surface area contributed by atoms with Crippen LogP contribution in [-0.4, -0.2) is 20.3 Å². The van der Waals surface area contributed by atoms with Gasteiger partial charge in [-0.05, 0) is 49.8 Å². The highest BCUT2D eigenvalue weighted by Gasteiger charge is 2.19. The van der Waals surface area contributed by atoms with Crippen LogP contribution < -0.4 is 14.8 Å². The largest absolute Gasteiger partial charge is 0.493 e. The standard InChI is InChI=1S/C18H29NO2/c1-13-6-5-7-16(10-8-13)19-14(2)15-9-11-17(20-3)18(12-15)21-4/h9,11-14,16,19H,5-8,10H2,1-4H3. The fourth-order valence-electron chi connectivity index (χ4n) is 3.23. The molecule has 1 aromatic rings. The fourth-order valence-corrected chi connectivity index (χ4v) is 3.23. The van der Waals surface area contributed by atoms with Crippen molar-refractivity contribution in [2.24, 2.45) is 5.92 Å². The highest BCUT2D eigenvalue weighted by Crippen LogP contribution is 2.31. The Morgan fingerprint density at radius 1 is 1.05 bits per heavy atom. The molecular formula is C18H29NO2. The Morgan fingerprint density at radius 2 is 1.81 bits per heavy atom. The molecule has 0 spiro atoms. The molecular weight excluding hydrogens is 262 g/mol. The van der Waals surface area contributed by atoms with E-state index in [1.165, 1.54) is 37.7 Å². The number of benzene rings is 1. The zero-order valence-corrected chi connectivity index (χ0v) is 13.8. The predicted octanol–water partition coefficient (Wildman–Crippen LogP) is 4.32. The molecule has 1 saturated carbocycles. The summed E-state index contributed by atoms with van der Waals surface area (Å²) >= 11 is 0. The van der Waals surface area contributed by atoms with E-state index in [1.807, 2.05) is 6.07 Å². The summed E-state index contributed by atoms with van der Waals surface area (Å²) < 4.78 is 10.7. The van der Waals surface area contributed by atoms with Gasteiger partial charge in [-0.15, -0.1) is 0 Å². The van der Waals surface area contributed by atoms with Gasteiger partial charge in [-0.2, -0.15) is 0 Å². The normalized spacial score (nSPS) is 24.2. The average molecular weight is 291 g/mol. The van der Waals surface area contributed by atoms with Crippen LogP contribution in [0.25, 0.3) is 0 Å². The number of ether oxygens (including phenoxy) is 2. The van der Waals surface area contributed by atoms with E-state index in [0.29, 0.717) is 12.1 Å². The van der Waals surface area contributed by atoms with E-state index < -0.39 is 0 Å². The molecule has 1 N–H and O–H groups in total. The summed E-state index contributed by atoms with van der Waals surface area (Å²) in [6.45, 7) is 4.61. The molecule has 1 fully saturated rings. The molecule has 0 aromatic heterocycles. The molecule has 0 aliphatic heterocycles. The number of hydrogen-bond donors (Lipinski definition) is 1. The third-order valence-electron chi connectivity index (χ3n) is 4.65. The molecule has 0 saturated heterocycles. The van der Waals surface area contributed by atoms with Crippen molar-refractivity contribution in [2.75, 3.05) is 14.2 Å². The van der Waals surface area contributed by atoms with Crippen LogP contribution in [0.1, 0.15) is 57.6 Å². The molecule has 3 unspecified atom stereocenters. The molecule has 0 amide bonds. The molecule has 2 rings (SSSR count). The molecule has 1 aliphatic carbocycles. The Labute approximate surface area is 129 Å². The topological polar surface area (TPSA) is 30.5 Å². The van der Waals surface area contributed by atoms with Crippen LogP contribution in [0.2, 0.25) is 0 Å². The Bertz CT molecular complexity index is 447. The van der Waals surface area contributed by atoms with Crippen LogP contribution in [0.4, 0.5) is 0 Å². The van der Waals surface area contributed by atoms with E-state index in [4.69, 9.17) is 9.47 Å². The summed E-state index contributed by atoms with van der Waals surface area (Å²) in [5.41, 5.74) is 1.25. The lowest BCUT2D eigenvalue weighted by Gasteiger charge is -2.23. The van der Waals surface area contributed by atoms with Crippen LogP contribution in [0.3, 0.4) is 0 Å². The van der Waals surface area contributed by atoms with E-state index in [-0.39, 0.29) is 0 Å². The third kappa shape index (κ3) is 4.37. The SMILES string of the molecule is COc1ccc(C(C)NC2CCCC(C)CC2)cc1OC. The van der Waals surface area contributed by atoms with Gasteiger partial charge < -0.3 is 14.8 Å². The van der Waals surface area contributed by atoms with Gasteiger partial charge in [-0.1, -0.05) is 25.8 Å². The van der Waals surface area contributed by atoms with Gasteiger partial charge in [0.05, 0.1) is 14.2 Å². The van der Waals surface area contributed by atoms with Gasteiger partial charge in [0.15, 0.2) is 11.5 Å². The van der Waals surface area contributed by atoms with Gasteiger partial charge in [-0.25, -0.2) is 0 Å². The third-order valence-corrected chi connectivity index (χ3v) is 4.65. The van der Waals surface area contributed by atoms with E-state index in [0.717, 1.165) is 17.4 Å². The zero-order chi connectivity index (χ0) is 15.2. The highest BCUT2D eigenvalue weighted by atomic mass is 16.5. The molecule has 0 bridgehead atoms. The molecule has 3 nitrogen and oxygen atoms in total. The second-order valence-corrected chi connectivity index (χ2v) is 6.31. The van der Waals surface area contributed by atoms with Crippen molar-refractivity contribution in [1.82, 2.24) is 5.32 Å². The zero-order valence-electron chi connectivity index (χ0n) is 13.8. The summed E-state index contributed by atoms with van der Waals surface area (Å²) in [7, 11) is 3.36. The maximum Gasteiger partial charge on any atom is 0.161 e. The van der Waals surface area contributed by atoms with Crippen molar-refractivity contribution in [3.63, 3.8) is 0 Å². The van der Waals surface area contributed by atoms with Gasteiger partial charge in [0.2, 0.25) is 0 Å². The maximum absolute atomic E-state index is 5.40. The van der Waals surface area contributed by atoms with Crippen LogP contribution in [0.5, 0.6) is 11.5 Å². The lowest BCUT2D eigenvalue weighted by molar-refractivity contribution is 0.353. The molecule has 0 heterocycles. The van der Waals surface area contributed by atoms with Crippen molar-refractivity contribution in [2.45, 2.75) is 58.0 Å². The van der Waals surface area contributed by atoms with E-state index in [9.17, 15) is 0 Å². The van der Waals surface area contributed by atoms with Gasteiger partial charge in [0, 0.05) is 12.1 Å². The summed E-state index contributed by atoms with van der Waals surface area (Å²) in [6, 6.07) is 7.16. The average Bonchev–Trinajstić information content (AvgIpc) is 2.71. The molecule has 118 valence electrons. The number of methoxy groups -OCH3 is 2. The summed E-state index contributed by atoms with van der Waals surface area (Å²) in [6.07, 6.45) is 6.65. The molecule has 1 aliphatic rings. The van der Waals surface area contributed by atoms with Gasteiger partial charge >= 0.3 is 0 Å². The van der Waals surface area contributed by atoms with Gasteiger partial charge in [0.25, 0.3) is 0 Å². The minimum absolute atomic E-state index is 0.336. The quantitative estimate of drug-likeness (QED) is 0.819. The smallest absolute Gasteiger partial charge is 0.161 e. The van der Waals surface area contributed by atoms with Crippen LogP contribution in [-0.2, 0) is 0 Å².